The fourth-order valence-electron chi connectivity index (χ4n) is 2.45. The molecule has 160 valence electrons. The van der Waals surface area contributed by atoms with Gasteiger partial charge in [-0.2, -0.15) is 26.3 Å². The van der Waals surface area contributed by atoms with E-state index in [0.29, 0.717) is 18.6 Å². The normalized spacial score (nSPS) is 12.9. The molecule has 0 aliphatic heterocycles. The van der Waals surface area contributed by atoms with Crippen molar-refractivity contribution in [1.29, 1.82) is 0 Å². The molecule has 4 nitrogen and oxygen atoms in total. The first-order chi connectivity index (χ1) is 13.4. The van der Waals surface area contributed by atoms with Gasteiger partial charge < -0.3 is 20.7 Å². The molecule has 0 unspecified atom stereocenters. The minimum atomic E-state index is -4.96. The van der Waals surface area contributed by atoms with E-state index >= 15 is 0 Å². The Labute approximate surface area is 162 Å². The van der Waals surface area contributed by atoms with Gasteiger partial charge in [-0.25, -0.2) is 0 Å². The standard InChI is InChI=1S/C19H19F6NO3/c20-18(21,22)13-7-14(19(23,24)25)9-16(8-13)29-15-3-1-12(2-4-15)5-6-17(26,10-27)11-28/h1-4,7-9,27-28H,5-6,10-11,26H2. The lowest BCUT2D eigenvalue weighted by atomic mass is 9.94. The Morgan fingerprint density at radius 2 is 1.24 bits per heavy atom. The second-order valence-corrected chi connectivity index (χ2v) is 6.67. The summed E-state index contributed by atoms with van der Waals surface area (Å²) in [5, 5.41) is 18.3. The van der Waals surface area contributed by atoms with Crippen LogP contribution in [0.5, 0.6) is 11.5 Å². The van der Waals surface area contributed by atoms with Crippen LogP contribution in [0.4, 0.5) is 26.3 Å². The van der Waals surface area contributed by atoms with E-state index in [0.717, 1.165) is 5.56 Å². The Balaban J connectivity index is 2.19. The predicted octanol–water partition coefficient (Wildman–Crippen LogP) is 4.13. The van der Waals surface area contributed by atoms with Crippen molar-refractivity contribution in [3.05, 3.63) is 59.2 Å². The van der Waals surface area contributed by atoms with E-state index in [9.17, 15) is 26.3 Å². The number of hydrogen-bond donors (Lipinski definition) is 3. The van der Waals surface area contributed by atoms with Crippen LogP contribution < -0.4 is 10.5 Å². The van der Waals surface area contributed by atoms with E-state index in [2.05, 4.69) is 0 Å². The van der Waals surface area contributed by atoms with E-state index in [1.165, 1.54) is 12.1 Å². The Morgan fingerprint density at radius 1 is 0.759 bits per heavy atom. The molecule has 0 fully saturated rings. The Hall–Kier alpha value is -2.30. The summed E-state index contributed by atoms with van der Waals surface area (Å²) in [6.07, 6.45) is -9.27. The highest BCUT2D eigenvalue weighted by Gasteiger charge is 2.37. The van der Waals surface area contributed by atoms with Crippen molar-refractivity contribution in [2.24, 2.45) is 5.73 Å². The van der Waals surface area contributed by atoms with Crippen molar-refractivity contribution in [3.63, 3.8) is 0 Å². The maximum Gasteiger partial charge on any atom is 0.416 e. The minimum Gasteiger partial charge on any atom is -0.457 e. The van der Waals surface area contributed by atoms with Gasteiger partial charge in [-0.1, -0.05) is 12.1 Å². The number of aryl methyl sites for hydroxylation is 1. The van der Waals surface area contributed by atoms with Crippen LogP contribution >= 0.6 is 0 Å². The quantitative estimate of drug-likeness (QED) is 0.586. The van der Waals surface area contributed by atoms with E-state index < -0.39 is 48.0 Å². The zero-order valence-corrected chi connectivity index (χ0v) is 15.0. The van der Waals surface area contributed by atoms with E-state index in [4.69, 9.17) is 20.7 Å². The van der Waals surface area contributed by atoms with Crippen molar-refractivity contribution < 1.29 is 41.3 Å². The van der Waals surface area contributed by atoms with Gasteiger partial charge in [0.05, 0.1) is 29.9 Å². The molecule has 0 saturated heterocycles. The predicted molar refractivity (Wildman–Crippen MR) is 92.4 cm³/mol. The average Bonchev–Trinajstić information content (AvgIpc) is 2.65. The number of halogens is 6. The highest BCUT2D eigenvalue weighted by Crippen LogP contribution is 2.39. The van der Waals surface area contributed by atoms with Gasteiger partial charge in [0.1, 0.15) is 11.5 Å². The Kier molecular flexibility index (Phi) is 6.82. The molecular formula is C19H19F6NO3. The van der Waals surface area contributed by atoms with Crippen molar-refractivity contribution in [2.75, 3.05) is 13.2 Å². The van der Waals surface area contributed by atoms with E-state index in [-0.39, 0.29) is 18.2 Å². The van der Waals surface area contributed by atoms with Gasteiger partial charge >= 0.3 is 12.4 Å². The molecule has 0 aliphatic rings. The molecule has 0 saturated carbocycles. The molecule has 0 aliphatic carbocycles. The number of aliphatic hydroxyl groups excluding tert-OH is 2. The summed E-state index contributed by atoms with van der Waals surface area (Å²) < 4.78 is 82.6. The van der Waals surface area contributed by atoms with Crippen LogP contribution in [0.1, 0.15) is 23.1 Å². The van der Waals surface area contributed by atoms with Crippen molar-refractivity contribution in [1.82, 2.24) is 0 Å². The van der Waals surface area contributed by atoms with Gasteiger partial charge in [0.15, 0.2) is 0 Å². The fraction of sp³-hybridized carbons (Fsp3) is 0.368. The summed E-state index contributed by atoms with van der Waals surface area (Å²) in [7, 11) is 0. The fourth-order valence-corrected chi connectivity index (χ4v) is 2.45. The number of hydrogen-bond acceptors (Lipinski definition) is 4. The van der Waals surface area contributed by atoms with Gasteiger partial charge in [0.2, 0.25) is 0 Å². The second-order valence-electron chi connectivity index (χ2n) is 6.67. The van der Waals surface area contributed by atoms with E-state index in [1.54, 1.807) is 12.1 Å². The topological polar surface area (TPSA) is 75.7 Å². The molecule has 29 heavy (non-hydrogen) atoms. The maximum atomic E-state index is 12.9. The zero-order chi connectivity index (χ0) is 21.9. The largest absolute Gasteiger partial charge is 0.457 e. The summed E-state index contributed by atoms with van der Waals surface area (Å²) in [5.41, 5.74) is 2.41. The average molecular weight is 423 g/mol. The summed E-state index contributed by atoms with van der Waals surface area (Å²) in [5.74, 6) is -0.550. The van der Waals surface area contributed by atoms with Crippen LogP contribution in [0.3, 0.4) is 0 Å². The molecule has 0 bridgehead atoms. The molecule has 0 amide bonds. The van der Waals surface area contributed by atoms with Gasteiger partial charge in [0.25, 0.3) is 0 Å². The summed E-state index contributed by atoms with van der Waals surface area (Å²) in [4.78, 5) is 0. The molecule has 0 heterocycles. The van der Waals surface area contributed by atoms with E-state index in [1.807, 2.05) is 0 Å². The lowest BCUT2D eigenvalue weighted by Crippen LogP contribution is -2.47. The molecule has 2 aromatic rings. The SMILES string of the molecule is NC(CO)(CO)CCc1ccc(Oc2cc(C(F)(F)F)cc(C(F)(F)F)c2)cc1. The zero-order valence-electron chi connectivity index (χ0n) is 15.0. The van der Waals surface area contributed by atoms with Crippen molar-refractivity contribution in [3.8, 4) is 11.5 Å². The van der Waals surface area contributed by atoms with Crippen molar-refractivity contribution in [2.45, 2.75) is 30.7 Å². The third-order valence-electron chi connectivity index (χ3n) is 4.26. The van der Waals surface area contributed by atoms with Crippen LogP contribution in [-0.4, -0.2) is 29.0 Å². The lowest BCUT2D eigenvalue weighted by molar-refractivity contribution is -0.143. The molecule has 10 heteroatoms. The first-order valence-electron chi connectivity index (χ1n) is 8.43. The maximum absolute atomic E-state index is 12.9. The van der Waals surface area contributed by atoms with Gasteiger partial charge in [0, 0.05) is 0 Å². The number of nitrogens with two attached hydrogens (primary N) is 1. The molecule has 2 rings (SSSR count). The van der Waals surface area contributed by atoms with Crippen LogP contribution in [-0.2, 0) is 18.8 Å². The number of rotatable bonds is 7. The monoisotopic (exact) mass is 423 g/mol. The summed E-state index contributed by atoms with van der Waals surface area (Å²) >= 11 is 0. The van der Waals surface area contributed by atoms with Crippen LogP contribution in [0.25, 0.3) is 0 Å². The lowest BCUT2D eigenvalue weighted by Gasteiger charge is -2.24. The third kappa shape index (κ3) is 6.34. The number of ether oxygens (including phenoxy) is 1. The first kappa shape index (κ1) is 23.0. The Bertz CT molecular complexity index is 782. The summed E-state index contributed by atoms with van der Waals surface area (Å²) in [6, 6.07) is 6.91. The number of benzene rings is 2. The first-order valence-corrected chi connectivity index (χ1v) is 8.43. The van der Waals surface area contributed by atoms with Crippen LogP contribution in [0.2, 0.25) is 0 Å². The Morgan fingerprint density at radius 3 is 1.66 bits per heavy atom. The smallest absolute Gasteiger partial charge is 0.416 e. The van der Waals surface area contributed by atoms with Gasteiger partial charge in [-0.05, 0) is 48.7 Å². The highest BCUT2D eigenvalue weighted by atomic mass is 19.4. The molecule has 4 N–H and O–H groups in total. The molecule has 2 aromatic carbocycles. The van der Waals surface area contributed by atoms with Crippen LogP contribution in [0, 0.1) is 0 Å². The third-order valence-corrected chi connectivity index (χ3v) is 4.26. The number of aliphatic hydroxyl groups is 2. The molecule has 0 atom stereocenters. The number of alkyl halides is 6. The molecule has 0 radical (unpaired) electrons. The second kappa shape index (κ2) is 8.60. The van der Waals surface area contributed by atoms with Gasteiger partial charge in [-0.3, -0.25) is 0 Å². The molecule has 0 aromatic heterocycles. The molecule has 0 spiro atoms. The molecular weight excluding hydrogens is 404 g/mol. The van der Waals surface area contributed by atoms with Crippen LogP contribution in [0.15, 0.2) is 42.5 Å². The van der Waals surface area contributed by atoms with Crippen molar-refractivity contribution >= 4 is 0 Å². The highest BCUT2D eigenvalue weighted by molar-refractivity contribution is 5.40. The van der Waals surface area contributed by atoms with Gasteiger partial charge in [-0.15, -0.1) is 0 Å². The summed E-state index contributed by atoms with van der Waals surface area (Å²) in [6.45, 7) is -0.830. The minimum absolute atomic E-state index is 0.0251.